The van der Waals surface area contributed by atoms with Gasteiger partial charge in [-0.1, -0.05) is 12.1 Å². The summed E-state index contributed by atoms with van der Waals surface area (Å²) >= 11 is 0. The zero-order valence-corrected chi connectivity index (χ0v) is 14.9. The highest BCUT2D eigenvalue weighted by molar-refractivity contribution is 6.55. The summed E-state index contributed by atoms with van der Waals surface area (Å²) in [7, 11) is 3.13. The summed E-state index contributed by atoms with van der Waals surface area (Å²) in [5.41, 5.74) is 7.90. The first-order chi connectivity index (χ1) is 10.7. The van der Waals surface area contributed by atoms with E-state index in [1.807, 2.05) is 25.2 Å². The van der Waals surface area contributed by atoms with E-state index in [1.54, 1.807) is 7.11 Å². The minimum Gasteiger partial charge on any atom is -0.495 e. The lowest BCUT2D eigenvalue weighted by atomic mass is 9.77. The predicted molar refractivity (Wildman–Crippen MR) is 95.4 cm³/mol. The van der Waals surface area contributed by atoms with Crippen LogP contribution in [-0.2, 0) is 9.31 Å². The molecule has 2 rings (SSSR count). The normalized spacial score (nSPS) is 19.9. The molecule has 1 fully saturated rings. The molecule has 3 N–H and O–H groups in total. The van der Waals surface area contributed by atoms with Gasteiger partial charge in [0.25, 0.3) is 0 Å². The Bertz CT molecular complexity index is 584. The van der Waals surface area contributed by atoms with E-state index in [9.17, 15) is 0 Å². The van der Waals surface area contributed by atoms with E-state index < -0.39 is 0 Å². The molecule has 1 heterocycles. The minimum absolute atomic E-state index is 0.358. The first-order valence-electron chi connectivity index (χ1n) is 7.84. The molecular weight excluding hydrogens is 291 g/mol. The Morgan fingerprint density at radius 2 is 1.87 bits per heavy atom. The van der Waals surface area contributed by atoms with Crippen LogP contribution in [0.4, 0.5) is 5.69 Å². The Balaban J connectivity index is 2.30. The van der Waals surface area contributed by atoms with E-state index in [1.165, 1.54) is 0 Å². The highest BCUT2D eigenvalue weighted by Gasteiger charge is 2.52. The monoisotopic (exact) mass is 318 g/mol. The Hall–Kier alpha value is -1.50. The molecule has 6 heteroatoms. The zero-order chi connectivity index (χ0) is 17.3. The van der Waals surface area contributed by atoms with Crippen LogP contribution < -0.4 is 15.8 Å². The smallest absolute Gasteiger partial charge is 0.491 e. The quantitative estimate of drug-likeness (QED) is 0.645. The largest absolute Gasteiger partial charge is 0.495 e. The summed E-state index contributed by atoms with van der Waals surface area (Å²) in [6.07, 6.45) is 2.05. The molecule has 0 saturated carbocycles. The molecule has 0 spiro atoms. The maximum Gasteiger partial charge on any atom is 0.491 e. The number of ether oxygens (including phenoxy) is 1. The molecule has 0 aromatic heterocycles. The molecule has 0 radical (unpaired) electrons. The lowest BCUT2D eigenvalue weighted by molar-refractivity contribution is 0.00578. The second kappa shape index (κ2) is 6.55. The molecule has 0 aliphatic carbocycles. The highest BCUT2D eigenvalue weighted by Crippen LogP contribution is 2.38. The Morgan fingerprint density at radius 3 is 2.35 bits per heavy atom. The van der Waals surface area contributed by atoms with Crippen molar-refractivity contribution in [3.8, 4) is 5.75 Å². The van der Waals surface area contributed by atoms with Crippen LogP contribution in [0.15, 0.2) is 23.7 Å². The third-order valence-electron chi connectivity index (χ3n) is 4.54. The number of hydrogen-bond acceptors (Lipinski definition) is 5. The van der Waals surface area contributed by atoms with Gasteiger partial charge in [-0.25, -0.2) is 0 Å². The van der Waals surface area contributed by atoms with Gasteiger partial charge in [-0.2, -0.15) is 0 Å². The molecule has 1 aliphatic heterocycles. The number of likely N-dealkylation sites (N-methyl/N-ethyl adjacent to an activating group) is 1. The SMILES string of the molecule is CNCC(=Cc1ccc(OC)c(N)c1)B1OC(C)(C)C(C)(C)O1. The van der Waals surface area contributed by atoms with E-state index in [0.717, 1.165) is 11.0 Å². The van der Waals surface area contributed by atoms with Gasteiger partial charge in [0.2, 0.25) is 0 Å². The molecule has 0 unspecified atom stereocenters. The molecule has 1 aromatic carbocycles. The molecule has 5 nitrogen and oxygen atoms in total. The molecule has 126 valence electrons. The summed E-state index contributed by atoms with van der Waals surface area (Å²) in [6.45, 7) is 8.87. The van der Waals surface area contributed by atoms with E-state index in [4.69, 9.17) is 19.8 Å². The van der Waals surface area contributed by atoms with Gasteiger partial charge < -0.3 is 25.1 Å². The molecule has 0 amide bonds. The van der Waals surface area contributed by atoms with E-state index in [2.05, 4.69) is 39.1 Å². The lowest BCUT2D eigenvalue weighted by Crippen LogP contribution is -2.41. The maximum atomic E-state index is 6.14. The number of rotatable bonds is 5. The number of hydrogen-bond donors (Lipinski definition) is 2. The van der Waals surface area contributed by atoms with Crippen LogP contribution in [0.2, 0.25) is 0 Å². The number of nitrogen functional groups attached to an aromatic ring is 1. The standard InChI is InChI=1S/C17H27BN2O3/c1-16(2)17(3,4)23-18(22-16)13(11-20-5)9-12-7-8-15(21-6)14(19)10-12/h7-10,20H,11,19H2,1-6H3. The van der Waals surface area contributed by atoms with Crippen molar-refractivity contribution in [1.82, 2.24) is 5.32 Å². The summed E-state index contributed by atoms with van der Waals surface area (Å²) in [5, 5.41) is 3.17. The van der Waals surface area contributed by atoms with Crippen molar-refractivity contribution in [3.05, 3.63) is 29.2 Å². The van der Waals surface area contributed by atoms with Gasteiger partial charge in [-0.05, 0) is 57.9 Å². The summed E-state index contributed by atoms with van der Waals surface area (Å²) in [4.78, 5) is 0. The van der Waals surface area contributed by atoms with Crippen molar-refractivity contribution >= 4 is 18.9 Å². The van der Waals surface area contributed by atoms with Crippen LogP contribution >= 0.6 is 0 Å². The fraction of sp³-hybridized carbons (Fsp3) is 0.529. The molecule has 1 saturated heterocycles. The first-order valence-corrected chi connectivity index (χ1v) is 7.84. The van der Waals surface area contributed by atoms with E-state index in [-0.39, 0.29) is 18.3 Å². The van der Waals surface area contributed by atoms with Crippen molar-refractivity contribution in [2.75, 3.05) is 26.4 Å². The fourth-order valence-corrected chi connectivity index (χ4v) is 2.46. The average Bonchev–Trinajstić information content (AvgIpc) is 2.67. The predicted octanol–water partition coefficient (Wildman–Crippen LogP) is 2.51. The van der Waals surface area contributed by atoms with Crippen molar-refractivity contribution in [1.29, 1.82) is 0 Å². The zero-order valence-electron chi connectivity index (χ0n) is 14.9. The number of benzene rings is 1. The average molecular weight is 318 g/mol. The number of nitrogens with one attached hydrogen (secondary N) is 1. The molecule has 1 aliphatic rings. The summed E-state index contributed by atoms with van der Waals surface area (Å²) in [5.74, 6) is 0.674. The van der Waals surface area contributed by atoms with Crippen LogP contribution in [0, 0.1) is 0 Å². The fourth-order valence-electron chi connectivity index (χ4n) is 2.46. The van der Waals surface area contributed by atoms with Crippen LogP contribution in [0.1, 0.15) is 33.3 Å². The van der Waals surface area contributed by atoms with Gasteiger partial charge in [-0.3, -0.25) is 0 Å². The third-order valence-corrected chi connectivity index (χ3v) is 4.54. The van der Waals surface area contributed by atoms with Gasteiger partial charge in [0.15, 0.2) is 0 Å². The summed E-state index contributed by atoms with van der Waals surface area (Å²) < 4.78 is 17.5. The Morgan fingerprint density at radius 1 is 1.26 bits per heavy atom. The molecule has 1 aromatic rings. The summed E-state index contributed by atoms with van der Waals surface area (Å²) in [6, 6.07) is 5.72. The third kappa shape index (κ3) is 3.71. The maximum absolute atomic E-state index is 6.14. The van der Waals surface area contributed by atoms with Gasteiger partial charge in [0.1, 0.15) is 5.75 Å². The van der Waals surface area contributed by atoms with E-state index in [0.29, 0.717) is 18.0 Å². The molecular formula is C17H27BN2O3. The Labute approximate surface area is 139 Å². The van der Waals surface area contributed by atoms with E-state index >= 15 is 0 Å². The number of nitrogens with two attached hydrogens (primary N) is 1. The van der Waals surface area contributed by atoms with Gasteiger partial charge >= 0.3 is 7.12 Å². The van der Waals surface area contributed by atoms with Crippen LogP contribution in [0.25, 0.3) is 6.08 Å². The lowest BCUT2D eigenvalue weighted by Gasteiger charge is -2.32. The highest BCUT2D eigenvalue weighted by atomic mass is 16.7. The Kier molecular flexibility index (Phi) is 5.09. The van der Waals surface area contributed by atoms with Gasteiger partial charge in [0.05, 0.1) is 24.0 Å². The van der Waals surface area contributed by atoms with Crippen LogP contribution in [-0.4, -0.2) is 39.0 Å². The van der Waals surface area contributed by atoms with Gasteiger partial charge in [0, 0.05) is 6.54 Å². The van der Waals surface area contributed by atoms with Gasteiger partial charge in [-0.15, -0.1) is 0 Å². The van der Waals surface area contributed by atoms with Crippen molar-refractivity contribution in [3.63, 3.8) is 0 Å². The number of methoxy groups -OCH3 is 1. The number of anilines is 1. The van der Waals surface area contributed by atoms with Crippen LogP contribution in [0.5, 0.6) is 5.75 Å². The first kappa shape index (κ1) is 17.9. The minimum atomic E-state index is -0.379. The van der Waals surface area contributed by atoms with Crippen molar-refractivity contribution in [2.45, 2.75) is 38.9 Å². The topological polar surface area (TPSA) is 65.7 Å². The second-order valence-electron chi connectivity index (χ2n) is 6.84. The van der Waals surface area contributed by atoms with Crippen molar-refractivity contribution < 1.29 is 14.0 Å². The molecule has 23 heavy (non-hydrogen) atoms. The molecule has 0 bridgehead atoms. The second-order valence-corrected chi connectivity index (χ2v) is 6.84. The van der Waals surface area contributed by atoms with Crippen LogP contribution in [0.3, 0.4) is 0 Å². The van der Waals surface area contributed by atoms with Crippen molar-refractivity contribution in [2.24, 2.45) is 0 Å². The molecule has 0 atom stereocenters.